The zero-order chi connectivity index (χ0) is 12.4. The van der Waals surface area contributed by atoms with Crippen LogP contribution in [0.3, 0.4) is 0 Å². The van der Waals surface area contributed by atoms with E-state index < -0.39 is 0 Å². The van der Waals surface area contributed by atoms with Gasteiger partial charge in [0.05, 0.1) is 19.0 Å². The number of unbranched alkanes of at least 4 members (excludes halogenated alkanes) is 2. The van der Waals surface area contributed by atoms with Crippen LogP contribution >= 0.6 is 0 Å². The van der Waals surface area contributed by atoms with Gasteiger partial charge in [-0.05, 0) is 20.0 Å². The Morgan fingerprint density at radius 3 is 2.50 bits per heavy atom. The molecule has 92 valence electrons. The quantitative estimate of drug-likeness (QED) is 0.588. The molecule has 0 spiro atoms. The summed E-state index contributed by atoms with van der Waals surface area (Å²) in [7, 11) is 3.71. The van der Waals surface area contributed by atoms with Crippen LogP contribution in [0.2, 0.25) is 0 Å². The molecule has 0 aliphatic rings. The first-order valence-electron chi connectivity index (χ1n) is 5.91. The highest BCUT2D eigenvalue weighted by Crippen LogP contribution is 1.97. The Labute approximate surface area is 98.8 Å². The first-order chi connectivity index (χ1) is 7.61. The van der Waals surface area contributed by atoms with E-state index in [1.807, 2.05) is 18.0 Å². The number of rotatable bonds is 8. The van der Waals surface area contributed by atoms with Gasteiger partial charge in [-0.3, -0.25) is 9.69 Å². The van der Waals surface area contributed by atoms with Crippen LogP contribution in [-0.2, 0) is 4.79 Å². The molecule has 4 nitrogen and oxygen atoms in total. The number of carbonyl (C=O) groups is 1. The Morgan fingerprint density at radius 1 is 1.25 bits per heavy atom. The monoisotopic (exact) mass is 225 g/mol. The maximum absolute atomic E-state index is 11.7. The molecule has 0 aliphatic heterocycles. The third-order valence-electron chi connectivity index (χ3n) is 2.53. The number of likely N-dealkylation sites (N-methyl/N-ethyl adjacent to an activating group) is 2. The van der Waals surface area contributed by atoms with Crippen LogP contribution in [0.5, 0.6) is 0 Å². The van der Waals surface area contributed by atoms with Crippen molar-refractivity contribution in [2.75, 3.05) is 33.7 Å². The van der Waals surface area contributed by atoms with Gasteiger partial charge in [-0.2, -0.15) is 5.26 Å². The Hall–Kier alpha value is -1.08. The minimum Gasteiger partial charge on any atom is -0.344 e. The second-order valence-corrected chi connectivity index (χ2v) is 4.17. The van der Waals surface area contributed by atoms with Gasteiger partial charge in [0.2, 0.25) is 5.91 Å². The van der Waals surface area contributed by atoms with E-state index in [4.69, 9.17) is 5.26 Å². The first kappa shape index (κ1) is 14.9. The lowest BCUT2D eigenvalue weighted by atomic mass is 10.2. The maximum Gasteiger partial charge on any atom is 0.236 e. The zero-order valence-corrected chi connectivity index (χ0v) is 10.7. The zero-order valence-electron chi connectivity index (χ0n) is 10.7. The van der Waals surface area contributed by atoms with Crippen LogP contribution in [-0.4, -0.2) is 49.4 Å². The van der Waals surface area contributed by atoms with Gasteiger partial charge in [-0.15, -0.1) is 0 Å². The summed E-state index contributed by atoms with van der Waals surface area (Å²) in [6, 6.07) is 2.04. The molecule has 0 fully saturated rings. The molecular weight excluding hydrogens is 202 g/mol. The van der Waals surface area contributed by atoms with Gasteiger partial charge >= 0.3 is 0 Å². The molecular formula is C12H23N3O. The Kier molecular flexibility index (Phi) is 8.55. The second-order valence-electron chi connectivity index (χ2n) is 4.17. The molecule has 16 heavy (non-hydrogen) atoms. The normalized spacial score (nSPS) is 10.2. The first-order valence-corrected chi connectivity index (χ1v) is 5.91. The summed E-state index contributed by atoms with van der Waals surface area (Å²) in [5.74, 6) is 0.0919. The molecule has 0 bridgehead atoms. The average Bonchev–Trinajstić information content (AvgIpc) is 2.26. The number of hydrogen-bond donors (Lipinski definition) is 0. The lowest BCUT2D eigenvalue weighted by Gasteiger charge is -2.21. The third-order valence-corrected chi connectivity index (χ3v) is 2.53. The highest BCUT2D eigenvalue weighted by Gasteiger charge is 2.10. The van der Waals surface area contributed by atoms with E-state index in [2.05, 4.69) is 6.92 Å². The van der Waals surface area contributed by atoms with Gasteiger partial charge < -0.3 is 4.90 Å². The van der Waals surface area contributed by atoms with Gasteiger partial charge in [-0.25, -0.2) is 0 Å². The van der Waals surface area contributed by atoms with Gasteiger partial charge in [0.25, 0.3) is 0 Å². The number of hydrogen-bond acceptors (Lipinski definition) is 3. The lowest BCUT2D eigenvalue weighted by Crippen LogP contribution is -2.37. The van der Waals surface area contributed by atoms with E-state index in [1.54, 1.807) is 11.9 Å². The SMILES string of the molecule is CCCCCN(C)CC(=O)N(C)CCC#N. The van der Waals surface area contributed by atoms with Crippen molar-refractivity contribution in [2.24, 2.45) is 0 Å². The largest absolute Gasteiger partial charge is 0.344 e. The lowest BCUT2D eigenvalue weighted by molar-refractivity contribution is -0.130. The molecule has 1 amide bonds. The van der Waals surface area contributed by atoms with Gasteiger partial charge in [-0.1, -0.05) is 19.8 Å². The van der Waals surface area contributed by atoms with Crippen molar-refractivity contribution in [3.05, 3.63) is 0 Å². The van der Waals surface area contributed by atoms with E-state index in [-0.39, 0.29) is 5.91 Å². The molecule has 0 rings (SSSR count). The van der Waals surface area contributed by atoms with Crippen LogP contribution in [0.15, 0.2) is 0 Å². The van der Waals surface area contributed by atoms with Crippen LogP contribution in [0.4, 0.5) is 0 Å². The van der Waals surface area contributed by atoms with Gasteiger partial charge in [0, 0.05) is 13.6 Å². The molecule has 0 aromatic carbocycles. The van der Waals surface area contributed by atoms with E-state index >= 15 is 0 Å². The fraction of sp³-hybridized carbons (Fsp3) is 0.833. The minimum atomic E-state index is 0.0919. The fourth-order valence-corrected chi connectivity index (χ4v) is 1.40. The number of nitriles is 1. The number of nitrogens with zero attached hydrogens (tertiary/aromatic N) is 3. The van der Waals surface area contributed by atoms with E-state index in [0.29, 0.717) is 19.5 Å². The van der Waals surface area contributed by atoms with Crippen molar-refractivity contribution in [1.29, 1.82) is 5.26 Å². The van der Waals surface area contributed by atoms with Crippen LogP contribution in [0.25, 0.3) is 0 Å². The van der Waals surface area contributed by atoms with E-state index in [9.17, 15) is 4.79 Å². The van der Waals surface area contributed by atoms with Crippen molar-refractivity contribution < 1.29 is 4.79 Å². The van der Waals surface area contributed by atoms with E-state index in [0.717, 1.165) is 13.0 Å². The topological polar surface area (TPSA) is 47.3 Å². The highest BCUT2D eigenvalue weighted by atomic mass is 16.2. The minimum absolute atomic E-state index is 0.0919. The number of carbonyl (C=O) groups excluding carboxylic acids is 1. The predicted molar refractivity (Wildman–Crippen MR) is 64.9 cm³/mol. The molecule has 0 radical (unpaired) electrons. The van der Waals surface area contributed by atoms with Crippen LogP contribution < -0.4 is 0 Å². The summed E-state index contributed by atoms with van der Waals surface area (Å²) in [6.45, 7) is 4.11. The number of amides is 1. The maximum atomic E-state index is 11.7. The Morgan fingerprint density at radius 2 is 1.94 bits per heavy atom. The average molecular weight is 225 g/mol. The Balaban J connectivity index is 3.72. The van der Waals surface area contributed by atoms with Crippen molar-refractivity contribution >= 4 is 5.91 Å². The summed E-state index contributed by atoms with van der Waals surface area (Å²) < 4.78 is 0. The highest BCUT2D eigenvalue weighted by molar-refractivity contribution is 5.77. The summed E-state index contributed by atoms with van der Waals surface area (Å²) in [5, 5.41) is 8.42. The summed E-state index contributed by atoms with van der Waals surface area (Å²) >= 11 is 0. The third kappa shape index (κ3) is 7.24. The molecule has 0 N–H and O–H groups in total. The molecule has 4 heteroatoms. The summed E-state index contributed by atoms with van der Waals surface area (Å²) in [6.07, 6.45) is 3.95. The molecule has 0 aromatic rings. The van der Waals surface area contributed by atoms with Crippen LogP contribution in [0.1, 0.15) is 32.6 Å². The molecule has 0 atom stereocenters. The molecule has 0 aromatic heterocycles. The van der Waals surface area contributed by atoms with Gasteiger partial charge in [0.1, 0.15) is 0 Å². The Bertz CT molecular complexity index is 235. The van der Waals surface area contributed by atoms with E-state index in [1.165, 1.54) is 12.8 Å². The smallest absolute Gasteiger partial charge is 0.236 e. The molecule has 0 saturated carbocycles. The van der Waals surface area contributed by atoms with Crippen molar-refractivity contribution in [3.8, 4) is 6.07 Å². The molecule has 0 aliphatic carbocycles. The standard InChI is InChI=1S/C12H23N3O/c1-4-5-6-9-14(2)11-12(16)15(3)10-7-8-13/h4-7,9-11H2,1-3H3. The van der Waals surface area contributed by atoms with Crippen molar-refractivity contribution in [1.82, 2.24) is 9.80 Å². The molecule has 0 saturated heterocycles. The molecule has 0 heterocycles. The van der Waals surface area contributed by atoms with Crippen molar-refractivity contribution in [2.45, 2.75) is 32.6 Å². The van der Waals surface area contributed by atoms with Gasteiger partial charge in [0.15, 0.2) is 0 Å². The summed E-state index contributed by atoms with van der Waals surface area (Å²) in [4.78, 5) is 15.3. The second kappa shape index (κ2) is 9.17. The summed E-state index contributed by atoms with van der Waals surface area (Å²) in [5.41, 5.74) is 0. The van der Waals surface area contributed by atoms with Crippen molar-refractivity contribution in [3.63, 3.8) is 0 Å². The fourth-order valence-electron chi connectivity index (χ4n) is 1.40. The molecule has 0 unspecified atom stereocenters. The van der Waals surface area contributed by atoms with Crippen LogP contribution in [0, 0.1) is 11.3 Å². The predicted octanol–water partition coefficient (Wildman–Crippen LogP) is 1.48.